The number of nitrogens with one attached hydrogen (secondary N) is 1. The molecule has 0 aromatic heterocycles. The number of hydrogen-bond acceptors (Lipinski definition) is 2. The van der Waals surface area contributed by atoms with Crippen LogP contribution in [0.4, 0.5) is 0 Å². The van der Waals surface area contributed by atoms with Crippen molar-refractivity contribution in [3.05, 3.63) is 35.4 Å². The van der Waals surface area contributed by atoms with E-state index in [0.717, 1.165) is 11.8 Å². The molecule has 21 heavy (non-hydrogen) atoms. The van der Waals surface area contributed by atoms with E-state index >= 15 is 0 Å². The number of piperidine rings is 1. The van der Waals surface area contributed by atoms with E-state index in [1.54, 1.807) is 11.1 Å². The van der Waals surface area contributed by atoms with E-state index in [9.17, 15) is 0 Å². The van der Waals surface area contributed by atoms with Crippen LogP contribution in [-0.4, -0.2) is 37.1 Å². The normalized spacial score (nSPS) is 24.4. The smallest absolute Gasteiger partial charge is 0.00679 e. The highest BCUT2D eigenvalue weighted by molar-refractivity contribution is 5.40. The summed E-state index contributed by atoms with van der Waals surface area (Å²) in [4.78, 5) is 2.70. The first-order valence-electron chi connectivity index (χ1n) is 8.81. The predicted octanol–water partition coefficient (Wildman–Crippen LogP) is 3.43. The van der Waals surface area contributed by atoms with Gasteiger partial charge in [-0.3, -0.25) is 0 Å². The summed E-state index contributed by atoms with van der Waals surface area (Å²) >= 11 is 0. The molecule has 1 fully saturated rings. The third-order valence-corrected chi connectivity index (χ3v) is 5.50. The fourth-order valence-corrected chi connectivity index (χ4v) is 4.01. The fraction of sp³-hybridized carbons (Fsp3) is 0.684. The van der Waals surface area contributed by atoms with Crippen LogP contribution in [0.2, 0.25) is 0 Å². The quantitative estimate of drug-likeness (QED) is 0.862. The van der Waals surface area contributed by atoms with Gasteiger partial charge >= 0.3 is 0 Å². The molecule has 0 radical (unpaired) electrons. The summed E-state index contributed by atoms with van der Waals surface area (Å²) < 4.78 is 0. The van der Waals surface area contributed by atoms with E-state index in [1.807, 2.05) is 0 Å². The van der Waals surface area contributed by atoms with Crippen molar-refractivity contribution in [3.8, 4) is 0 Å². The van der Waals surface area contributed by atoms with Crippen molar-refractivity contribution < 1.29 is 0 Å². The lowest BCUT2D eigenvalue weighted by atomic mass is 9.77. The van der Waals surface area contributed by atoms with E-state index in [-0.39, 0.29) is 0 Å². The molecule has 1 saturated heterocycles. The van der Waals surface area contributed by atoms with E-state index in [0.29, 0.717) is 6.04 Å². The molecule has 0 saturated carbocycles. The van der Waals surface area contributed by atoms with Crippen molar-refractivity contribution in [1.29, 1.82) is 0 Å². The van der Waals surface area contributed by atoms with Crippen LogP contribution in [-0.2, 0) is 6.42 Å². The van der Waals surface area contributed by atoms with Gasteiger partial charge in [-0.05, 0) is 69.3 Å². The maximum atomic E-state index is 3.67. The Hall–Kier alpha value is -0.860. The highest BCUT2D eigenvalue weighted by Gasteiger charge is 2.29. The summed E-state index contributed by atoms with van der Waals surface area (Å²) in [6, 6.07) is 9.67. The highest BCUT2D eigenvalue weighted by atomic mass is 15.1. The largest absolute Gasteiger partial charge is 0.314 e. The molecule has 1 aromatic carbocycles. The zero-order valence-electron chi connectivity index (χ0n) is 13.6. The Balaban J connectivity index is 1.43. The van der Waals surface area contributed by atoms with Gasteiger partial charge in [0, 0.05) is 18.5 Å². The van der Waals surface area contributed by atoms with Crippen LogP contribution >= 0.6 is 0 Å². The number of benzene rings is 1. The minimum Gasteiger partial charge on any atom is -0.314 e. The number of hydrogen-bond donors (Lipinski definition) is 1. The van der Waals surface area contributed by atoms with Gasteiger partial charge in [0.2, 0.25) is 0 Å². The van der Waals surface area contributed by atoms with Crippen molar-refractivity contribution >= 4 is 0 Å². The standard InChI is InChI=1S/C19H30N2/c1-3-10-20-15(2)16-8-11-21(12-9-16)14-18-13-17-6-4-5-7-19(17)18/h4-7,15-16,18,20H,3,8-14H2,1-2H3. The molecule has 2 atom stereocenters. The number of likely N-dealkylation sites (tertiary alicyclic amines) is 1. The zero-order chi connectivity index (χ0) is 14.7. The zero-order valence-corrected chi connectivity index (χ0v) is 13.6. The van der Waals surface area contributed by atoms with Gasteiger partial charge in [-0.2, -0.15) is 0 Å². The Bertz CT molecular complexity index is 449. The Labute approximate surface area is 129 Å². The monoisotopic (exact) mass is 286 g/mol. The summed E-state index contributed by atoms with van der Waals surface area (Å²) in [6.45, 7) is 9.65. The first-order valence-corrected chi connectivity index (χ1v) is 8.81. The van der Waals surface area contributed by atoms with Crippen molar-refractivity contribution in [3.63, 3.8) is 0 Å². The lowest BCUT2D eigenvalue weighted by Gasteiger charge is -2.39. The van der Waals surface area contributed by atoms with Crippen LogP contribution in [0.3, 0.4) is 0 Å². The third-order valence-electron chi connectivity index (χ3n) is 5.50. The van der Waals surface area contributed by atoms with Gasteiger partial charge in [0.1, 0.15) is 0 Å². The molecule has 2 heteroatoms. The van der Waals surface area contributed by atoms with E-state index in [1.165, 1.54) is 51.9 Å². The molecule has 0 amide bonds. The first kappa shape index (κ1) is 15.1. The van der Waals surface area contributed by atoms with Gasteiger partial charge < -0.3 is 10.2 Å². The molecule has 0 spiro atoms. The number of rotatable bonds is 6. The van der Waals surface area contributed by atoms with E-state index < -0.39 is 0 Å². The minimum absolute atomic E-state index is 0.691. The van der Waals surface area contributed by atoms with Crippen molar-refractivity contribution in [2.24, 2.45) is 5.92 Å². The third kappa shape index (κ3) is 3.49. The summed E-state index contributed by atoms with van der Waals surface area (Å²) in [6.07, 6.45) is 5.27. The number of nitrogens with zero attached hydrogens (tertiary/aromatic N) is 1. The van der Waals surface area contributed by atoms with Gasteiger partial charge in [0.25, 0.3) is 0 Å². The van der Waals surface area contributed by atoms with Gasteiger partial charge in [0.05, 0.1) is 0 Å². The first-order chi connectivity index (χ1) is 10.3. The Kier molecular flexibility index (Phi) is 4.97. The van der Waals surface area contributed by atoms with Crippen molar-refractivity contribution in [2.75, 3.05) is 26.2 Å². The molecule has 1 N–H and O–H groups in total. The molecule has 2 unspecified atom stereocenters. The lowest BCUT2D eigenvalue weighted by Crippen LogP contribution is -2.44. The maximum Gasteiger partial charge on any atom is 0.00679 e. The highest BCUT2D eigenvalue weighted by Crippen LogP contribution is 2.36. The molecule has 1 heterocycles. The van der Waals surface area contributed by atoms with Gasteiger partial charge in [-0.25, -0.2) is 0 Å². The Morgan fingerprint density at radius 1 is 1.24 bits per heavy atom. The molecule has 3 rings (SSSR count). The molecule has 116 valence electrons. The van der Waals surface area contributed by atoms with Crippen LogP contribution < -0.4 is 5.32 Å². The van der Waals surface area contributed by atoms with Crippen LogP contribution in [0, 0.1) is 5.92 Å². The topological polar surface area (TPSA) is 15.3 Å². The summed E-state index contributed by atoms with van der Waals surface area (Å²) in [5.74, 6) is 1.68. The second kappa shape index (κ2) is 6.93. The van der Waals surface area contributed by atoms with E-state index in [2.05, 4.69) is 48.3 Å². The van der Waals surface area contributed by atoms with Crippen LogP contribution in [0.5, 0.6) is 0 Å². The molecular formula is C19H30N2. The summed E-state index contributed by atoms with van der Waals surface area (Å²) in [7, 11) is 0. The SMILES string of the molecule is CCCNC(C)C1CCN(CC2Cc3ccccc32)CC1. The van der Waals surface area contributed by atoms with Crippen molar-refractivity contribution in [1.82, 2.24) is 10.2 Å². The van der Waals surface area contributed by atoms with Crippen LogP contribution in [0.15, 0.2) is 24.3 Å². The maximum absolute atomic E-state index is 3.67. The summed E-state index contributed by atoms with van der Waals surface area (Å²) in [5, 5.41) is 3.67. The van der Waals surface area contributed by atoms with Crippen LogP contribution in [0.1, 0.15) is 50.2 Å². The molecule has 1 aliphatic carbocycles. The van der Waals surface area contributed by atoms with Gasteiger partial charge in [-0.1, -0.05) is 31.2 Å². The molecule has 1 aromatic rings. The predicted molar refractivity (Wildman–Crippen MR) is 89.8 cm³/mol. The molecule has 2 aliphatic rings. The lowest BCUT2D eigenvalue weighted by molar-refractivity contribution is 0.152. The van der Waals surface area contributed by atoms with E-state index in [4.69, 9.17) is 0 Å². The summed E-state index contributed by atoms with van der Waals surface area (Å²) in [5.41, 5.74) is 3.19. The Morgan fingerprint density at radius 3 is 2.71 bits per heavy atom. The number of fused-ring (bicyclic) bond motifs is 1. The second-order valence-corrected chi connectivity index (χ2v) is 6.98. The van der Waals surface area contributed by atoms with Crippen molar-refractivity contribution in [2.45, 2.75) is 51.5 Å². The average Bonchev–Trinajstić information content (AvgIpc) is 2.51. The molecule has 2 nitrogen and oxygen atoms in total. The Morgan fingerprint density at radius 2 is 2.00 bits per heavy atom. The van der Waals surface area contributed by atoms with Gasteiger partial charge in [-0.15, -0.1) is 0 Å². The van der Waals surface area contributed by atoms with Crippen LogP contribution in [0.25, 0.3) is 0 Å². The fourth-order valence-electron chi connectivity index (χ4n) is 4.01. The molecule has 1 aliphatic heterocycles. The minimum atomic E-state index is 0.691. The second-order valence-electron chi connectivity index (χ2n) is 6.98. The average molecular weight is 286 g/mol. The molecule has 0 bridgehead atoms. The molecular weight excluding hydrogens is 256 g/mol. The van der Waals surface area contributed by atoms with Gasteiger partial charge in [0.15, 0.2) is 0 Å².